The lowest BCUT2D eigenvalue weighted by Gasteiger charge is -2.11. The second-order valence-corrected chi connectivity index (χ2v) is 3.71. The third-order valence-corrected chi connectivity index (χ3v) is 2.31. The molecule has 0 saturated carbocycles. The molecule has 0 atom stereocenters. The summed E-state index contributed by atoms with van der Waals surface area (Å²) in [6.45, 7) is 1.76. The number of amides is 1. The van der Waals surface area contributed by atoms with Crippen molar-refractivity contribution in [3.05, 3.63) is 22.2 Å². The van der Waals surface area contributed by atoms with Gasteiger partial charge in [0.15, 0.2) is 5.75 Å². The van der Waals surface area contributed by atoms with Crippen LogP contribution in [0.15, 0.2) is 12.1 Å². The fourth-order valence-electron chi connectivity index (χ4n) is 1.10. The van der Waals surface area contributed by atoms with Crippen molar-refractivity contribution in [2.45, 2.75) is 13.3 Å². The van der Waals surface area contributed by atoms with Gasteiger partial charge in [0.2, 0.25) is 5.91 Å². The molecule has 0 aliphatic carbocycles. The van der Waals surface area contributed by atoms with Crippen LogP contribution >= 0.6 is 23.2 Å². The molecule has 0 unspecified atom stereocenters. The van der Waals surface area contributed by atoms with Crippen LogP contribution in [0, 0.1) is 0 Å². The summed E-state index contributed by atoms with van der Waals surface area (Å²) in [6.07, 6.45) is 0.382. The molecule has 1 rings (SSSR count). The van der Waals surface area contributed by atoms with Crippen LogP contribution < -0.4 is 10.1 Å². The summed E-state index contributed by atoms with van der Waals surface area (Å²) in [5, 5.41) is 3.48. The van der Waals surface area contributed by atoms with Gasteiger partial charge in [-0.05, 0) is 12.1 Å². The molecule has 1 N–H and O–H groups in total. The maximum absolute atomic E-state index is 11.2. The van der Waals surface area contributed by atoms with E-state index in [2.05, 4.69) is 5.32 Å². The molecule has 15 heavy (non-hydrogen) atoms. The number of halogens is 2. The summed E-state index contributed by atoms with van der Waals surface area (Å²) < 4.78 is 5.07. The van der Waals surface area contributed by atoms with Gasteiger partial charge in [0.1, 0.15) is 0 Å². The van der Waals surface area contributed by atoms with E-state index in [1.807, 2.05) is 0 Å². The molecular weight excluding hydrogens is 237 g/mol. The molecule has 5 heteroatoms. The van der Waals surface area contributed by atoms with Gasteiger partial charge in [0.05, 0.1) is 17.8 Å². The van der Waals surface area contributed by atoms with Crippen LogP contribution in [0.4, 0.5) is 5.69 Å². The Labute approximate surface area is 98.3 Å². The minimum absolute atomic E-state index is 0.119. The molecular formula is C10H11Cl2NO2. The molecule has 1 aromatic carbocycles. The lowest BCUT2D eigenvalue weighted by Crippen LogP contribution is -2.10. The Morgan fingerprint density at radius 2 is 2.13 bits per heavy atom. The van der Waals surface area contributed by atoms with E-state index in [-0.39, 0.29) is 5.91 Å². The number of nitrogens with one attached hydrogen (secondary N) is 1. The number of ether oxygens (including phenoxy) is 1. The van der Waals surface area contributed by atoms with Crippen LogP contribution in [0.1, 0.15) is 13.3 Å². The SMILES string of the molecule is CCC(=O)Nc1cc(Cl)cc(Cl)c1OC. The topological polar surface area (TPSA) is 38.3 Å². The first-order valence-corrected chi connectivity index (χ1v) is 5.17. The number of hydrogen-bond acceptors (Lipinski definition) is 2. The van der Waals surface area contributed by atoms with E-state index in [1.54, 1.807) is 19.1 Å². The zero-order valence-electron chi connectivity index (χ0n) is 8.43. The van der Waals surface area contributed by atoms with Crippen molar-refractivity contribution in [3.63, 3.8) is 0 Å². The van der Waals surface area contributed by atoms with Crippen LogP contribution in [0.5, 0.6) is 5.75 Å². The molecule has 0 fully saturated rings. The van der Waals surface area contributed by atoms with E-state index in [4.69, 9.17) is 27.9 Å². The zero-order chi connectivity index (χ0) is 11.4. The fourth-order valence-corrected chi connectivity index (χ4v) is 1.67. The molecule has 0 heterocycles. The van der Waals surface area contributed by atoms with Crippen molar-refractivity contribution < 1.29 is 9.53 Å². The third kappa shape index (κ3) is 3.01. The molecule has 1 amide bonds. The largest absolute Gasteiger partial charge is 0.493 e. The highest BCUT2D eigenvalue weighted by Crippen LogP contribution is 2.35. The number of carbonyl (C=O) groups excluding carboxylic acids is 1. The number of methoxy groups -OCH3 is 1. The summed E-state index contributed by atoms with van der Waals surface area (Å²) in [7, 11) is 1.48. The number of carbonyl (C=O) groups is 1. The summed E-state index contributed by atoms with van der Waals surface area (Å²) in [6, 6.07) is 3.16. The standard InChI is InChI=1S/C10H11Cl2NO2/c1-3-9(14)13-8-5-6(11)4-7(12)10(8)15-2/h4-5H,3H2,1-2H3,(H,13,14). The van der Waals surface area contributed by atoms with Crippen LogP contribution in [0.3, 0.4) is 0 Å². The average Bonchev–Trinajstić information content (AvgIpc) is 2.17. The van der Waals surface area contributed by atoms with Gasteiger partial charge in [-0.25, -0.2) is 0 Å². The van der Waals surface area contributed by atoms with Gasteiger partial charge in [-0.2, -0.15) is 0 Å². The van der Waals surface area contributed by atoms with Gasteiger partial charge >= 0.3 is 0 Å². The predicted molar refractivity (Wildman–Crippen MR) is 61.9 cm³/mol. The first-order chi connectivity index (χ1) is 7.08. The van der Waals surface area contributed by atoms with E-state index in [9.17, 15) is 4.79 Å². The van der Waals surface area contributed by atoms with Crippen molar-refractivity contribution >= 4 is 34.8 Å². The second kappa shape index (κ2) is 5.24. The van der Waals surface area contributed by atoms with Crippen molar-refractivity contribution in [1.82, 2.24) is 0 Å². The van der Waals surface area contributed by atoms with E-state index in [1.165, 1.54) is 7.11 Å². The summed E-state index contributed by atoms with van der Waals surface area (Å²) in [5.74, 6) is 0.300. The van der Waals surface area contributed by atoms with E-state index >= 15 is 0 Å². The highest BCUT2D eigenvalue weighted by atomic mass is 35.5. The average molecular weight is 248 g/mol. The quantitative estimate of drug-likeness (QED) is 0.890. The minimum Gasteiger partial charge on any atom is -0.493 e. The highest BCUT2D eigenvalue weighted by Gasteiger charge is 2.11. The Hall–Kier alpha value is -0.930. The monoisotopic (exact) mass is 247 g/mol. The molecule has 0 aromatic heterocycles. The zero-order valence-corrected chi connectivity index (χ0v) is 9.95. The minimum atomic E-state index is -0.119. The molecule has 82 valence electrons. The third-order valence-electron chi connectivity index (χ3n) is 1.81. The summed E-state index contributed by atoms with van der Waals surface area (Å²) in [4.78, 5) is 11.2. The number of rotatable bonds is 3. The predicted octanol–water partition coefficient (Wildman–Crippen LogP) is 3.35. The van der Waals surface area contributed by atoms with Gasteiger partial charge in [-0.3, -0.25) is 4.79 Å². The van der Waals surface area contributed by atoms with Crippen molar-refractivity contribution in [2.75, 3.05) is 12.4 Å². The van der Waals surface area contributed by atoms with Gasteiger partial charge < -0.3 is 10.1 Å². The number of hydrogen-bond donors (Lipinski definition) is 1. The lowest BCUT2D eigenvalue weighted by atomic mass is 10.2. The Morgan fingerprint density at radius 3 is 2.67 bits per heavy atom. The Balaban J connectivity index is 3.09. The number of benzene rings is 1. The first kappa shape index (κ1) is 12.1. The van der Waals surface area contributed by atoms with E-state index < -0.39 is 0 Å². The maximum atomic E-state index is 11.2. The van der Waals surface area contributed by atoms with E-state index in [0.717, 1.165) is 0 Å². The molecule has 0 radical (unpaired) electrons. The summed E-state index contributed by atoms with van der Waals surface area (Å²) in [5.41, 5.74) is 0.488. The Bertz CT molecular complexity index is 380. The Kier molecular flexibility index (Phi) is 4.24. The first-order valence-electron chi connectivity index (χ1n) is 4.41. The molecule has 0 aliphatic rings. The van der Waals surface area contributed by atoms with Gasteiger partial charge in [0.25, 0.3) is 0 Å². The van der Waals surface area contributed by atoms with Gasteiger partial charge in [0, 0.05) is 11.4 Å². The van der Waals surface area contributed by atoms with Crippen molar-refractivity contribution in [1.29, 1.82) is 0 Å². The summed E-state index contributed by atoms with van der Waals surface area (Å²) >= 11 is 11.7. The molecule has 0 saturated heterocycles. The highest BCUT2D eigenvalue weighted by molar-refractivity contribution is 6.36. The molecule has 0 spiro atoms. The van der Waals surface area contributed by atoms with Crippen LogP contribution in [0.25, 0.3) is 0 Å². The van der Waals surface area contributed by atoms with Gasteiger partial charge in [-0.1, -0.05) is 30.1 Å². The molecule has 0 aliphatic heterocycles. The van der Waals surface area contributed by atoms with Crippen molar-refractivity contribution in [3.8, 4) is 5.75 Å². The molecule has 3 nitrogen and oxygen atoms in total. The van der Waals surface area contributed by atoms with Crippen LogP contribution in [-0.4, -0.2) is 13.0 Å². The van der Waals surface area contributed by atoms with Crippen LogP contribution in [0.2, 0.25) is 10.0 Å². The van der Waals surface area contributed by atoms with Crippen molar-refractivity contribution in [2.24, 2.45) is 0 Å². The lowest BCUT2D eigenvalue weighted by molar-refractivity contribution is -0.115. The molecule has 1 aromatic rings. The second-order valence-electron chi connectivity index (χ2n) is 2.87. The van der Waals surface area contributed by atoms with Crippen LogP contribution in [-0.2, 0) is 4.79 Å². The van der Waals surface area contributed by atoms with Gasteiger partial charge in [-0.15, -0.1) is 0 Å². The maximum Gasteiger partial charge on any atom is 0.224 e. The van der Waals surface area contributed by atoms with E-state index in [0.29, 0.717) is 27.9 Å². The fraction of sp³-hybridized carbons (Fsp3) is 0.300. The normalized spacial score (nSPS) is 9.87. The Morgan fingerprint density at radius 1 is 1.47 bits per heavy atom. The number of anilines is 1. The molecule has 0 bridgehead atoms. The smallest absolute Gasteiger partial charge is 0.224 e.